The third kappa shape index (κ3) is 4.82. The Balaban J connectivity index is 2.09. The van der Waals surface area contributed by atoms with Crippen molar-refractivity contribution in [1.82, 2.24) is 14.9 Å². The third-order valence-corrected chi connectivity index (χ3v) is 3.74. The van der Waals surface area contributed by atoms with E-state index >= 15 is 0 Å². The van der Waals surface area contributed by atoms with E-state index in [4.69, 9.17) is 9.47 Å². The van der Waals surface area contributed by atoms with Crippen molar-refractivity contribution in [3.8, 4) is 11.5 Å². The van der Waals surface area contributed by atoms with E-state index in [-0.39, 0.29) is 5.91 Å². The largest absolute Gasteiger partial charge is 0.497 e. The van der Waals surface area contributed by atoms with Crippen LogP contribution in [-0.2, 0) is 0 Å². The van der Waals surface area contributed by atoms with Gasteiger partial charge in [-0.1, -0.05) is 13.3 Å². The van der Waals surface area contributed by atoms with E-state index in [9.17, 15) is 4.79 Å². The Hall–Kier alpha value is -2.83. The maximum absolute atomic E-state index is 12.3. The number of nitrogens with one attached hydrogen (secondary N) is 1. The molecule has 0 atom stereocenters. The van der Waals surface area contributed by atoms with E-state index < -0.39 is 0 Å². The molecule has 1 heterocycles. The number of nitrogens with zero attached hydrogens (tertiary/aromatic N) is 3. The number of carbonyl (C=O) groups excluding carboxylic acids is 1. The van der Waals surface area contributed by atoms with Crippen LogP contribution in [0.15, 0.2) is 30.6 Å². The summed E-state index contributed by atoms with van der Waals surface area (Å²) in [6.07, 6.45) is 5.01. The first kappa shape index (κ1) is 18.5. The molecule has 7 heteroatoms. The highest BCUT2D eigenvalue weighted by Gasteiger charge is 2.13. The van der Waals surface area contributed by atoms with Gasteiger partial charge in [0.1, 0.15) is 23.0 Å². The number of aromatic nitrogens is 2. The predicted octanol–water partition coefficient (Wildman–Crippen LogP) is 3.11. The van der Waals surface area contributed by atoms with Crippen molar-refractivity contribution in [1.29, 1.82) is 0 Å². The van der Waals surface area contributed by atoms with Gasteiger partial charge in [0.25, 0.3) is 5.91 Å². The Morgan fingerprint density at radius 2 is 2.00 bits per heavy atom. The standard InChI is InChI=1S/C18H24N4O3/c1-5-6-9-22(2)18(23)15-11-20-17(12-19-15)21-14-8-7-13(24-3)10-16(14)25-4/h7-8,10-12H,5-6,9H2,1-4H3,(H,20,21). The van der Waals surface area contributed by atoms with Crippen LogP contribution in [0.4, 0.5) is 11.5 Å². The molecule has 0 radical (unpaired) electrons. The Bertz CT molecular complexity index is 704. The Kier molecular flexibility index (Phi) is 6.56. The lowest BCUT2D eigenvalue weighted by molar-refractivity contribution is 0.0787. The van der Waals surface area contributed by atoms with E-state index in [1.807, 2.05) is 12.1 Å². The molecule has 1 amide bonds. The van der Waals surface area contributed by atoms with Gasteiger partial charge in [-0.2, -0.15) is 0 Å². The number of methoxy groups -OCH3 is 2. The van der Waals surface area contributed by atoms with Gasteiger partial charge in [0.05, 0.1) is 32.3 Å². The minimum Gasteiger partial charge on any atom is -0.497 e. The predicted molar refractivity (Wildman–Crippen MR) is 96.7 cm³/mol. The van der Waals surface area contributed by atoms with Crippen LogP contribution in [0.2, 0.25) is 0 Å². The molecule has 25 heavy (non-hydrogen) atoms. The number of unbranched alkanes of at least 4 members (excludes halogenated alkanes) is 1. The zero-order valence-electron chi connectivity index (χ0n) is 15.1. The Morgan fingerprint density at radius 3 is 2.60 bits per heavy atom. The van der Waals surface area contributed by atoms with Crippen LogP contribution in [0.1, 0.15) is 30.3 Å². The Morgan fingerprint density at radius 1 is 1.20 bits per heavy atom. The van der Waals surface area contributed by atoms with Crippen molar-refractivity contribution in [2.24, 2.45) is 0 Å². The maximum atomic E-state index is 12.3. The normalized spacial score (nSPS) is 10.2. The van der Waals surface area contributed by atoms with E-state index in [1.165, 1.54) is 12.4 Å². The first-order valence-corrected chi connectivity index (χ1v) is 8.15. The Labute approximate surface area is 148 Å². The molecule has 0 fully saturated rings. The van der Waals surface area contributed by atoms with Gasteiger partial charge in [-0.15, -0.1) is 0 Å². The van der Waals surface area contributed by atoms with E-state index in [1.54, 1.807) is 32.2 Å². The second-order valence-electron chi connectivity index (χ2n) is 5.56. The lowest BCUT2D eigenvalue weighted by Gasteiger charge is -2.16. The average molecular weight is 344 g/mol. The number of amides is 1. The number of hydrogen-bond acceptors (Lipinski definition) is 6. The number of benzene rings is 1. The molecule has 0 aliphatic rings. The summed E-state index contributed by atoms with van der Waals surface area (Å²) in [4.78, 5) is 22.4. The lowest BCUT2D eigenvalue weighted by atomic mass is 10.2. The molecule has 0 spiro atoms. The summed E-state index contributed by atoms with van der Waals surface area (Å²) in [6.45, 7) is 2.80. The van der Waals surface area contributed by atoms with E-state index in [0.717, 1.165) is 18.5 Å². The monoisotopic (exact) mass is 344 g/mol. The highest BCUT2D eigenvalue weighted by Crippen LogP contribution is 2.30. The fraction of sp³-hybridized carbons (Fsp3) is 0.389. The summed E-state index contributed by atoms with van der Waals surface area (Å²) in [5, 5.41) is 3.13. The van der Waals surface area contributed by atoms with Crippen LogP contribution in [0.3, 0.4) is 0 Å². The number of carbonyl (C=O) groups is 1. The zero-order chi connectivity index (χ0) is 18.2. The summed E-state index contributed by atoms with van der Waals surface area (Å²) < 4.78 is 10.5. The van der Waals surface area contributed by atoms with E-state index in [0.29, 0.717) is 29.6 Å². The van der Waals surface area contributed by atoms with Gasteiger partial charge >= 0.3 is 0 Å². The second kappa shape index (κ2) is 8.86. The van der Waals surface area contributed by atoms with Crippen LogP contribution in [0, 0.1) is 0 Å². The number of anilines is 2. The highest BCUT2D eigenvalue weighted by atomic mass is 16.5. The molecule has 1 N–H and O–H groups in total. The minimum absolute atomic E-state index is 0.130. The van der Waals surface area contributed by atoms with Gasteiger partial charge in [-0.05, 0) is 18.6 Å². The van der Waals surface area contributed by atoms with Gasteiger partial charge < -0.3 is 19.7 Å². The van der Waals surface area contributed by atoms with Crippen molar-refractivity contribution < 1.29 is 14.3 Å². The maximum Gasteiger partial charge on any atom is 0.273 e. The molecule has 134 valence electrons. The molecule has 0 aliphatic heterocycles. The molecule has 0 unspecified atom stereocenters. The van der Waals surface area contributed by atoms with E-state index in [2.05, 4.69) is 22.2 Å². The van der Waals surface area contributed by atoms with Crippen LogP contribution in [-0.4, -0.2) is 48.6 Å². The van der Waals surface area contributed by atoms with Gasteiger partial charge in [-0.3, -0.25) is 4.79 Å². The summed E-state index contributed by atoms with van der Waals surface area (Å²) in [5.41, 5.74) is 1.06. The first-order chi connectivity index (χ1) is 12.1. The summed E-state index contributed by atoms with van der Waals surface area (Å²) >= 11 is 0. The van der Waals surface area contributed by atoms with Gasteiger partial charge in [0.15, 0.2) is 0 Å². The number of hydrogen-bond donors (Lipinski definition) is 1. The van der Waals surface area contributed by atoms with Crippen LogP contribution < -0.4 is 14.8 Å². The van der Waals surface area contributed by atoms with Gasteiger partial charge in [-0.25, -0.2) is 9.97 Å². The van der Waals surface area contributed by atoms with Crippen molar-refractivity contribution in [2.45, 2.75) is 19.8 Å². The molecular formula is C18H24N4O3. The topological polar surface area (TPSA) is 76.6 Å². The molecule has 0 bridgehead atoms. The number of ether oxygens (including phenoxy) is 2. The second-order valence-corrected chi connectivity index (χ2v) is 5.56. The molecule has 0 aliphatic carbocycles. The van der Waals surface area contributed by atoms with Crippen LogP contribution in [0.5, 0.6) is 11.5 Å². The third-order valence-electron chi connectivity index (χ3n) is 3.74. The smallest absolute Gasteiger partial charge is 0.273 e. The SMILES string of the molecule is CCCCN(C)C(=O)c1cnc(Nc2ccc(OC)cc2OC)cn1. The highest BCUT2D eigenvalue weighted by molar-refractivity contribution is 5.91. The summed E-state index contributed by atoms with van der Waals surface area (Å²) in [6, 6.07) is 5.42. The average Bonchev–Trinajstić information content (AvgIpc) is 2.66. The van der Waals surface area contributed by atoms with Gasteiger partial charge in [0.2, 0.25) is 0 Å². The molecule has 0 saturated heterocycles. The molecule has 7 nitrogen and oxygen atoms in total. The fourth-order valence-corrected chi connectivity index (χ4v) is 2.24. The fourth-order valence-electron chi connectivity index (χ4n) is 2.24. The number of rotatable bonds is 8. The van der Waals surface area contributed by atoms with Crippen LogP contribution >= 0.6 is 0 Å². The van der Waals surface area contributed by atoms with Crippen molar-refractivity contribution in [3.05, 3.63) is 36.3 Å². The van der Waals surface area contributed by atoms with Crippen molar-refractivity contribution in [3.63, 3.8) is 0 Å². The summed E-state index contributed by atoms with van der Waals surface area (Å²) in [5.74, 6) is 1.72. The molecule has 0 saturated carbocycles. The molecule has 2 rings (SSSR count). The first-order valence-electron chi connectivity index (χ1n) is 8.15. The van der Waals surface area contributed by atoms with Crippen molar-refractivity contribution >= 4 is 17.4 Å². The molecular weight excluding hydrogens is 320 g/mol. The van der Waals surface area contributed by atoms with Crippen molar-refractivity contribution in [2.75, 3.05) is 33.1 Å². The molecule has 1 aromatic carbocycles. The molecule has 2 aromatic rings. The summed E-state index contributed by atoms with van der Waals surface area (Å²) in [7, 11) is 4.95. The minimum atomic E-state index is -0.130. The van der Waals surface area contributed by atoms with Crippen LogP contribution in [0.25, 0.3) is 0 Å². The quantitative estimate of drug-likeness (QED) is 0.793. The lowest BCUT2D eigenvalue weighted by Crippen LogP contribution is -2.28. The molecule has 1 aromatic heterocycles. The van der Waals surface area contributed by atoms with Gasteiger partial charge in [0, 0.05) is 19.7 Å². The zero-order valence-corrected chi connectivity index (χ0v) is 15.1.